The zero-order chi connectivity index (χ0) is 24.3. The van der Waals surface area contributed by atoms with E-state index in [4.69, 9.17) is 0 Å². The minimum Gasteiger partial charge on any atom is -0.429 e. The molecular formula is C29H42F4O. The van der Waals surface area contributed by atoms with Crippen LogP contribution in [0.5, 0.6) is 5.75 Å². The van der Waals surface area contributed by atoms with Crippen LogP contribution in [0.1, 0.15) is 102 Å². The van der Waals surface area contributed by atoms with Crippen molar-refractivity contribution in [1.29, 1.82) is 0 Å². The van der Waals surface area contributed by atoms with E-state index in [0.717, 1.165) is 36.3 Å². The first kappa shape index (κ1) is 27.1. The number of benzene rings is 1. The van der Waals surface area contributed by atoms with E-state index in [9.17, 15) is 17.6 Å². The van der Waals surface area contributed by atoms with Gasteiger partial charge in [-0.1, -0.05) is 57.6 Å². The third kappa shape index (κ3) is 8.61. The van der Waals surface area contributed by atoms with Gasteiger partial charge in [-0.25, -0.2) is 8.78 Å². The predicted octanol–water partition coefficient (Wildman–Crippen LogP) is 9.64. The molecule has 0 bridgehead atoms. The Morgan fingerprint density at radius 2 is 1.35 bits per heavy atom. The van der Waals surface area contributed by atoms with Crippen molar-refractivity contribution in [2.75, 3.05) is 0 Å². The van der Waals surface area contributed by atoms with Crippen LogP contribution in [0.15, 0.2) is 24.3 Å². The molecule has 1 aromatic rings. The molecule has 0 N–H and O–H groups in total. The molecule has 3 rings (SSSR count). The van der Waals surface area contributed by atoms with Gasteiger partial charge >= 0.3 is 6.61 Å². The van der Waals surface area contributed by atoms with Crippen LogP contribution in [-0.2, 0) is 6.42 Å². The largest absolute Gasteiger partial charge is 0.429 e. The van der Waals surface area contributed by atoms with Gasteiger partial charge in [0.2, 0.25) is 0 Å². The van der Waals surface area contributed by atoms with Crippen molar-refractivity contribution in [3.05, 3.63) is 41.5 Å². The molecule has 2 fully saturated rings. The molecule has 0 heterocycles. The first-order valence-corrected chi connectivity index (χ1v) is 13.5. The van der Waals surface area contributed by atoms with Crippen molar-refractivity contribution in [2.45, 2.75) is 110 Å². The van der Waals surface area contributed by atoms with Crippen LogP contribution in [0.25, 0.3) is 0 Å². The Morgan fingerprint density at radius 1 is 0.824 bits per heavy atom. The highest BCUT2D eigenvalue weighted by molar-refractivity contribution is 5.31. The van der Waals surface area contributed by atoms with Crippen molar-refractivity contribution in [3.63, 3.8) is 0 Å². The standard InChI is InChI=1S/C29H42F4O/c1-2-3-4-5-6-7-8-21-11-15-24(16-12-21)25-17-13-22(14-18-25)9-10-23-19-26(30)28(27(31)20-23)34-29(32)33/h4-5,19-22,24-25,29H,2-3,6-18H2,1H3/b5-4+. The highest BCUT2D eigenvalue weighted by atomic mass is 19.3. The normalized spacial score (nSPS) is 25.8. The summed E-state index contributed by atoms with van der Waals surface area (Å²) >= 11 is 0. The number of unbranched alkanes of at least 4 members (excludes halogenated alkanes) is 2. The average molecular weight is 483 g/mol. The molecule has 34 heavy (non-hydrogen) atoms. The molecule has 0 aliphatic heterocycles. The number of allylic oxidation sites excluding steroid dienone is 2. The fraction of sp³-hybridized carbons (Fsp3) is 0.724. The molecule has 1 aromatic carbocycles. The number of hydrogen-bond donors (Lipinski definition) is 0. The lowest BCUT2D eigenvalue weighted by Crippen LogP contribution is -2.26. The number of ether oxygens (including phenoxy) is 1. The van der Waals surface area contributed by atoms with E-state index in [2.05, 4.69) is 23.8 Å². The first-order valence-electron chi connectivity index (χ1n) is 13.5. The predicted molar refractivity (Wildman–Crippen MR) is 130 cm³/mol. The van der Waals surface area contributed by atoms with Crippen molar-refractivity contribution in [2.24, 2.45) is 23.7 Å². The van der Waals surface area contributed by atoms with E-state index in [1.165, 1.54) is 83.5 Å². The second kappa shape index (κ2) is 14.1. The topological polar surface area (TPSA) is 9.23 Å². The van der Waals surface area contributed by atoms with Crippen LogP contribution in [0.4, 0.5) is 17.6 Å². The average Bonchev–Trinajstić information content (AvgIpc) is 2.83. The van der Waals surface area contributed by atoms with E-state index in [1.807, 2.05) is 0 Å². The second-order valence-corrected chi connectivity index (χ2v) is 10.6. The third-order valence-corrected chi connectivity index (χ3v) is 8.16. The van der Waals surface area contributed by atoms with Gasteiger partial charge in [0, 0.05) is 0 Å². The maximum absolute atomic E-state index is 14.0. The van der Waals surface area contributed by atoms with Gasteiger partial charge in [0.15, 0.2) is 17.4 Å². The van der Waals surface area contributed by atoms with Crippen molar-refractivity contribution < 1.29 is 22.3 Å². The summed E-state index contributed by atoms with van der Waals surface area (Å²) in [5, 5.41) is 0. The molecule has 2 aliphatic rings. The van der Waals surface area contributed by atoms with Crippen LogP contribution in [0, 0.1) is 35.3 Å². The summed E-state index contributed by atoms with van der Waals surface area (Å²) in [5.41, 5.74) is 0.512. The molecule has 0 radical (unpaired) electrons. The van der Waals surface area contributed by atoms with Gasteiger partial charge in [-0.05, 0) is 99.2 Å². The fourth-order valence-electron chi connectivity index (χ4n) is 6.15. The Balaban J connectivity index is 1.33. The van der Waals surface area contributed by atoms with Gasteiger partial charge in [-0.15, -0.1) is 0 Å². The summed E-state index contributed by atoms with van der Waals surface area (Å²) in [6, 6.07) is 2.26. The number of rotatable bonds is 12. The first-order chi connectivity index (χ1) is 16.5. The monoisotopic (exact) mass is 482 g/mol. The van der Waals surface area contributed by atoms with Crippen LogP contribution in [0.2, 0.25) is 0 Å². The lowest BCUT2D eigenvalue weighted by atomic mass is 9.68. The number of alkyl halides is 2. The molecular weight excluding hydrogens is 440 g/mol. The summed E-state index contributed by atoms with van der Waals surface area (Å²) in [6.07, 6.45) is 23.0. The molecule has 0 saturated heterocycles. The minimum absolute atomic E-state index is 0.512. The molecule has 1 nitrogen and oxygen atoms in total. The van der Waals surface area contributed by atoms with E-state index in [0.29, 0.717) is 17.9 Å². The zero-order valence-corrected chi connectivity index (χ0v) is 20.7. The van der Waals surface area contributed by atoms with Gasteiger partial charge in [-0.3, -0.25) is 0 Å². The molecule has 192 valence electrons. The van der Waals surface area contributed by atoms with E-state index in [1.54, 1.807) is 0 Å². The van der Waals surface area contributed by atoms with Crippen molar-refractivity contribution in [1.82, 2.24) is 0 Å². The van der Waals surface area contributed by atoms with Crippen LogP contribution < -0.4 is 4.74 Å². The summed E-state index contributed by atoms with van der Waals surface area (Å²) < 4.78 is 56.4. The molecule has 0 aromatic heterocycles. The van der Waals surface area contributed by atoms with Gasteiger partial charge < -0.3 is 4.74 Å². The van der Waals surface area contributed by atoms with Crippen LogP contribution in [0.3, 0.4) is 0 Å². The van der Waals surface area contributed by atoms with Crippen molar-refractivity contribution >= 4 is 0 Å². The fourth-order valence-corrected chi connectivity index (χ4v) is 6.15. The molecule has 2 saturated carbocycles. The maximum atomic E-state index is 14.0. The third-order valence-electron chi connectivity index (χ3n) is 8.16. The van der Waals surface area contributed by atoms with Gasteiger partial charge in [-0.2, -0.15) is 8.78 Å². The summed E-state index contributed by atoms with van der Waals surface area (Å²) in [4.78, 5) is 0. The molecule has 5 heteroatoms. The minimum atomic E-state index is -3.24. The number of aryl methyl sites for hydroxylation is 1. The Bertz CT molecular complexity index is 723. The molecule has 0 atom stereocenters. The highest BCUT2D eigenvalue weighted by Crippen LogP contribution is 2.43. The SMILES string of the molecule is CCC/C=C/CCCC1CCC(C2CCC(CCc3cc(F)c(OC(F)F)c(F)c3)CC2)CC1. The highest BCUT2D eigenvalue weighted by Gasteiger charge is 2.30. The smallest absolute Gasteiger partial charge is 0.387 e. The van der Waals surface area contributed by atoms with Gasteiger partial charge in [0.25, 0.3) is 0 Å². The number of halogens is 4. The summed E-state index contributed by atoms with van der Waals surface area (Å²) in [7, 11) is 0. The maximum Gasteiger partial charge on any atom is 0.387 e. The zero-order valence-electron chi connectivity index (χ0n) is 20.7. The lowest BCUT2D eigenvalue weighted by Gasteiger charge is -2.38. The van der Waals surface area contributed by atoms with Crippen LogP contribution in [-0.4, -0.2) is 6.61 Å². The summed E-state index contributed by atoms with van der Waals surface area (Å²) in [5.74, 6) is 0.131. The van der Waals surface area contributed by atoms with Gasteiger partial charge in [0.1, 0.15) is 0 Å². The van der Waals surface area contributed by atoms with Gasteiger partial charge in [0.05, 0.1) is 0 Å². The molecule has 2 aliphatic carbocycles. The Morgan fingerprint density at radius 3 is 1.88 bits per heavy atom. The van der Waals surface area contributed by atoms with E-state index < -0.39 is 24.0 Å². The number of hydrogen-bond acceptors (Lipinski definition) is 1. The molecule has 0 amide bonds. The lowest BCUT2D eigenvalue weighted by molar-refractivity contribution is -0.0546. The molecule has 0 spiro atoms. The second-order valence-electron chi connectivity index (χ2n) is 10.6. The quantitative estimate of drug-likeness (QED) is 0.164. The van der Waals surface area contributed by atoms with E-state index in [-0.39, 0.29) is 0 Å². The van der Waals surface area contributed by atoms with Crippen molar-refractivity contribution in [3.8, 4) is 5.75 Å². The molecule has 0 unspecified atom stereocenters. The van der Waals surface area contributed by atoms with E-state index >= 15 is 0 Å². The Hall–Kier alpha value is -1.52. The summed E-state index contributed by atoms with van der Waals surface area (Å²) in [6.45, 7) is -1.02. The Labute approximate surface area is 203 Å². The van der Waals surface area contributed by atoms with Crippen LogP contribution >= 0.6 is 0 Å². The Kier molecular flexibility index (Phi) is 11.3.